The highest BCUT2D eigenvalue weighted by molar-refractivity contribution is 7.51. The van der Waals surface area contributed by atoms with Crippen LogP contribution in [-0.4, -0.2) is 151 Å². The van der Waals surface area contributed by atoms with E-state index in [0.29, 0.717) is 53.8 Å². The number of nitrogens with zero attached hydrogens (tertiary/aromatic N) is 6. The van der Waals surface area contributed by atoms with E-state index in [1.54, 1.807) is 37.6 Å². The lowest BCUT2D eigenvalue weighted by atomic mass is 9.85. The normalized spacial score (nSPS) is 22.0. The van der Waals surface area contributed by atoms with E-state index in [1.165, 1.54) is 38.3 Å². The highest BCUT2D eigenvalue weighted by atomic mass is 32.1. The van der Waals surface area contributed by atoms with E-state index >= 15 is 0 Å². The van der Waals surface area contributed by atoms with E-state index in [2.05, 4.69) is 15.5 Å². The van der Waals surface area contributed by atoms with E-state index < -0.39 is 67.0 Å². The van der Waals surface area contributed by atoms with Gasteiger partial charge in [0, 0.05) is 64.0 Å². The van der Waals surface area contributed by atoms with Gasteiger partial charge in [-0.2, -0.15) is 0 Å². The first kappa shape index (κ1) is 52.7. The highest BCUT2D eigenvalue weighted by Gasteiger charge is 2.49. The number of aryl methyl sites for hydroxylation is 1. The van der Waals surface area contributed by atoms with Crippen LogP contribution in [0.25, 0.3) is 21.1 Å². The molecule has 6 heterocycles. The van der Waals surface area contributed by atoms with Gasteiger partial charge >= 0.3 is 13.3 Å². The maximum Gasteiger partial charge on any atom is 0.363 e. The molecule has 2 aromatic heterocycles. The van der Waals surface area contributed by atoms with Crippen molar-refractivity contribution in [2.24, 2.45) is 12.5 Å². The van der Waals surface area contributed by atoms with Gasteiger partial charge in [0.15, 0.2) is 0 Å². The van der Waals surface area contributed by atoms with Gasteiger partial charge in [0.2, 0.25) is 35.4 Å². The molecular formula is C51H60FN8O12PS. The average Bonchev–Trinajstić information content (AvgIpc) is 4.08. The fourth-order valence-electron chi connectivity index (χ4n) is 10.3. The van der Waals surface area contributed by atoms with Crippen LogP contribution in [0.5, 0.6) is 0 Å². The Hall–Kier alpha value is -6.13. The Bertz CT molecular complexity index is 3110. The molecule has 74 heavy (non-hydrogen) atoms. The van der Waals surface area contributed by atoms with Crippen LogP contribution in [-0.2, 0) is 51.6 Å². The number of piperidine rings is 1. The van der Waals surface area contributed by atoms with Crippen molar-refractivity contribution in [1.29, 1.82) is 0 Å². The number of hydrogen-bond acceptors (Lipinski definition) is 12. The van der Waals surface area contributed by atoms with Crippen LogP contribution in [0.15, 0.2) is 77.6 Å². The van der Waals surface area contributed by atoms with Crippen molar-refractivity contribution >= 4 is 75.5 Å². The molecule has 0 aliphatic carbocycles. The van der Waals surface area contributed by atoms with Crippen LogP contribution in [0.1, 0.15) is 84.5 Å². The number of alkyl halides is 1. The van der Waals surface area contributed by atoms with Crippen molar-refractivity contribution in [3.63, 3.8) is 0 Å². The molecule has 23 heteroatoms. The predicted molar refractivity (Wildman–Crippen MR) is 270 cm³/mol. The molecule has 4 N–H and O–H groups in total. The van der Waals surface area contributed by atoms with Gasteiger partial charge in [0.1, 0.15) is 30.8 Å². The largest absolute Gasteiger partial charge is 0.370 e. The van der Waals surface area contributed by atoms with Crippen LogP contribution in [0, 0.1) is 5.41 Å². The number of amides is 6. The molecule has 6 amide bonds. The molecule has 4 saturated heterocycles. The number of imide groups is 1. The second kappa shape index (κ2) is 21.2. The van der Waals surface area contributed by atoms with Gasteiger partial charge in [0.25, 0.3) is 5.91 Å². The maximum absolute atomic E-state index is 14.9. The quantitative estimate of drug-likeness (QED) is 0.0972. The van der Waals surface area contributed by atoms with Crippen molar-refractivity contribution < 1.29 is 57.0 Å². The summed E-state index contributed by atoms with van der Waals surface area (Å²) in [6.07, 6.45) is -0.679. The lowest BCUT2D eigenvalue weighted by molar-refractivity contribution is -0.156. The number of rotatable bonds is 13. The van der Waals surface area contributed by atoms with E-state index in [-0.39, 0.29) is 86.0 Å². The van der Waals surface area contributed by atoms with Crippen LogP contribution < -0.4 is 16.3 Å². The summed E-state index contributed by atoms with van der Waals surface area (Å²) in [5.74, 6) is -5.19. The zero-order valence-corrected chi connectivity index (χ0v) is 43.2. The van der Waals surface area contributed by atoms with Crippen molar-refractivity contribution in [2.75, 3.05) is 59.0 Å². The fourth-order valence-corrected chi connectivity index (χ4v) is 11.8. The Balaban J connectivity index is 0.874. The number of morpholine rings is 1. The number of carbonyl (C=O) groups is 6. The lowest BCUT2D eigenvalue weighted by Gasteiger charge is -2.39. The Morgan fingerprint density at radius 2 is 1.66 bits per heavy atom. The van der Waals surface area contributed by atoms with Crippen LogP contribution in [0.2, 0.25) is 0 Å². The zero-order valence-electron chi connectivity index (χ0n) is 41.5. The molecule has 20 nitrogen and oxygen atoms in total. The van der Waals surface area contributed by atoms with Crippen LogP contribution in [0.3, 0.4) is 0 Å². The van der Waals surface area contributed by atoms with Gasteiger partial charge in [-0.1, -0.05) is 63.2 Å². The molecule has 0 bridgehead atoms. The number of nitrogens with one attached hydrogen (secondary N) is 2. The maximum atomic E-state index is 14.9. The fraction of sp³-hybridized carbons (Fsp3) is 0.471. The SMILES string of the molecule is Cn1c(=O)n(C2CCC(=O)NC2=O)c2ccc(CN3CCN(C(=O)CO[C@@H]4CCN(C(=O)[C@@H](NC(=O)c5cc6cc([C@@H](F)P(=O)(O)O)ccc6s5)C(C)(C)C)[C@@H]4C(=O)N4CCO[C@H](c5ccccc5)C4)CC3)cc21. The molecule has 6 atom stereocenters. The number of imidazole rings is 1. The zero-order chi connectivity index (χ0) is 52.8. The molecule has 9 rings (SSSR count). The van der Waals surface area contributed by atoms with Gasteiger partial charge in [-0.3, -0.25) is 52.7 Å². The summed E-state index contributed by atoms with van der Waals surface area (Å²) in [6, 6.07) is 17.5. The first-order valence-corrected chi connectivity index (χ1v) is 27.1. The minimum atomic E-state index is -5.08. The minimum Gasteiger partial charge on any atom is -0.370 e. The molecule has 1 unspecified atom stereocenters. The van der Waals surface area contributed by atoms with E-state index in [9.17, 15) is 52.3 Å². The molecule has 394 valence electrons. The van der Waals surface area contributed by atoms with Crippen LogP contribution >= 0.6 is 18.9 Å². The number of thiophene rings is 1. The molecular weight excluding hydrogens is 999 g/mol. The number of piperazine rings is 1. The van der Waals surface area contributed by atoms with Crippen molar-refractivity contribution in [3.05, 3.63) is 105 Å². The Kier molecular flexibility index (Phi) is 15.1. The number of fused-ring (bicyclic) bond motifs is 2. The monoisotopic (exact) mass is 1060 g/mol. The number of likely N-dealkylation sites (tertiary alicyclic amines) is 1. The van der Waals surface area contributed by atoms with E-state index in [1.807, 2.05) is 48.5 Å². The topological polar surface area (TPSA) is 242 Å². The smallest absolute Gasteiger partial charge is 0.363 e. The summed E-state index contributed by atoms with van der Waals surface area (Å²) in [7, 11) is -3.43. The first-order valence-electron chi connectivity index (χ1n) is 24.6. The van der Waals surface area contributed by atoms with Crippen molar-refractivity contribution in [2.45, 2.75) is 82.8 Å². The van der Waals surface area contributed by atoms with Gasteiger partial charge < -0.3 is 39.3 Å². The van der Waals surface area contributed by atoms with E-state index in [4.69, 9.17) is 9.47 Å². The number of carbonyl (C=O) groups excluding carboxylic acids is 6. The summed E-state index contributed by atoms with van der Waals surface area (Å²) < 4.78 is 42.2. The third kappa shape index (κ3) is 11.0. The van der Waals surface area contributed by atoms with Gasteiger partial charge in [-0.25, -0.2) is 9.18 Å². The summed E-state index contributed by atoms with van der Waals surface area (Å²) in [5.41, 5.74) is 1.61. The van der Waals surface area contributed by atoms with Gasteiger partial charge in [-0.15, -0.1) is 11.3 Å². The molecule has 5 aromatic rings. The Morgan fingerprint density at radius 1 is 0.919 bits per heavy atom. The number of ether oxygens (including phenoxy) is 2. The highest BCUT2D eigenvalue weighted by Crippen LogP contribution is 2.53. The summed E-state index contributed by atoms with van der Waals surface area (Å²) in [6.45, 7) is 8.25. The van der Waals surface area contributed by atoms with Crippen molar-refractivity contribution in [1.82, 2.24) is 39.4 Å². The minimum absolute atomic E-state index is 0.0961. The standard InChI is InChI=1S/C51H60FN8O12PS/c1-51(2,3)44(54-47(64)40-26-33-25-32(11-14-39(33)74-40)45(52)73(68,69)70)49(66)59-17-16-37(43(59)48(65)58-22-23-71-38(28-58)31-8-6-5-7-9-31)72-29-42(62)57-20-18-56(19-21-57)27-30-10-12-34-36(24-30)55(4)50(67)60(34)35-13-15-41(61)53-46(35)63/h5-12,14,24-26,35,37-38,43-45H,13,15-23,27-29H2,1-4H3,(H,54,64)(H,53,61,63)(H2,68,69,70)/t35?,37-,38+,43+,44-,45+/m1/s1. The second-order valence-corrected chi connectivity index (χ2v) is 23.1. The molecule has 0 saturated carbocycles. The van der Waals surface area contributed by atoms with E-state index in [0.717, 1.165) is 22.5 Å². The third-order valence-electron chi connectivity index (χ3n) is 14.4. The number of hydrogen-bond donors (Lipinski definition) is 4. The summed E-state index contributed by atoms with van der Waals surface area (Å²) in [4.78, 5) is 121. The average molecular weight is 1060 g/mol. The summed E-state index contributed by atoms with van der Waals surface area (Å²) >= 11 is 1.07. The molecule has 0 radical (unpaired) electrons. The number of halogens is 1. The lowest BCUT2D eigenvalue weighted by Crippen LogP contribution is -2.60. The van der Waals surface area contributed by atoms with Gasteiger partial charge in [-0.05, 0) is 70.7 Å². The molecule has 4 aliphatic rings. The molecule has 4 aliphatic heterocycles. The van der Waals surface area contributed by atoms with Crippen molar-refractivity contribution in [3.8, 4) is 0 Å². The number of aromatic nitrogens is 2. The molecule has 0 spiro atoms. The summed E-state index contributed by atoms with van der Waals surface area (Å²) in [5, 5.41) is 5.61. The number of benzene rings is 3. The second-order valence-electron chi connectivity index (χ2n) is 20.4. The molecule has 3 aromatic carbocycles. The Labute approximate surface area is 429 Å². The molecule has 4 fully saturated rings. The predicted octanol–water partition coefficient (Wildman–Crippen LogP) is 3.75. The Morgan fingerprint density at radius 3 is 2.36 bits per heavy atom. The third-order valence-corrected chi connectivity index (χ3v) is 16.4. The first-order chi connectivity index (χ1) is 35.2. The van der Waals surface area contributed by atoms with Crippen LogP contribution in [0.4, 0.5) is 4.39 Å². The van der Waals surface area contributed by atoms with Gasteiger partial charge in [0.05, 0.1) is 35.2 Å².